The Kier molecular flexibility index (Phi) is 5.45. The molecule has 0 aliphatic heterocycles. The number of pyridine rings is 1. The Balaban J connectivity index is 1.44. The van der Waals surface area contributed by atoms with E-state index in [-0.39, 0.29) is 23.7 Å². The lowest BCUT2D eigenvalue weighted by atomic mass is 9.85. The van der Waals surface area contributed by atoms with Gasteiger partial charge >= 0.3 is 5.69 Å². The molecule has 3 N–H and O–H groups in total. The average molecular weight is 358 g/mol. The lowest BCUT2D eigenvalue weighted by molar-refractivity contribution is -0.126. The van der Waals surface area contributed by atoms with Crippen LogP contribution >= 0.6 is 0 Å². The first-order chi connectivity index (χ1) is 12.5. The molecule has 0 spiro atoms. The van der Waals surface area contributed by atoms with Crippen LogP contribution in [0.4, 0.5) is 0 Å². The quantitative estimate of drug-likeness (QED) is 0.700. The van der Waals surface area contributed by atoms with Gasteiger partial charge in [-0.1, -0.05) is 6.07 Å². The summed E-state index contributed by atoms with van der Waals surface area (Å²) in [6, 6.07) is 5.57. The summed E-state index contributed by atoms with van der Waals surface area (Å²) in [7, 11) is 1.48. The Labute approximate surface area is 150 Å². The number of aromatic nitrogens is 4. The van der Waals surface area contributed by atoms with E-state index in [4.69, 9.17) is 0 Å². The summed E-state index contributed by atoms with van der Waals surface area (Å²) in [5, 5.41) is 9.62. The number of aromatic amines is 1. The maximum Gasteiger partial charge on any atom is 0.343 e. The van der Waals surface area contributed by atoms with Gasteiger partial charge in [0.15, 0.2) is 0 Å². The minimum Gasteiger partial charge on any atom is -0.350 e. The molecule has 0 unspecified atom stereocenters. The largest absolute Gasteiger partial charge is 0.350 e. The van der Waals surface area contributed by atoms with Gasteiger partial charge in [0.2, 0.25) is 11.7 Å². The van der Waals surface area contributed by atoms with Crippen molar-refractivity contribution in [3.63, 3.8) is 0 Å². The molecule has 1 saturated carbocycles. The highest BCUT2D eigenvalue weighted by Gasteiger charge is 2.27. The molecule has 2 aromatic rings. The Morgan fingerprint density at radius 2 is 2.04 bits per heavy atom. The fourth-order valence-electron chi connectivity index (χ4n) is 3.08. The number of nitrogens with one attached hydrogen (secondary N) is 3. The minimum absolute atomic E-state index is 0.00716. The molecule has 26 heavy (non-hydrogen) atoms. The standard InChI is InChI=1S/C17H22N6O3/c1-23-17(26)21-14(22-23)16(25)20-12-7-5-11(6-8-12)15(24)19-10-13-4-2-3-9-18-13/h2-4,9,11-12H,5-8,10H2,1H3,(H,19,24)(H,20,25)(H,21,22,26). The number of amides is 2. The van der Waals surface area contributed by atoms with E-state index < -0.39 is 11.6 Å². The predicted octanol–water partition coefficient (Wildman–Crippen LogP) is 0.108. The van der Waals surface area contributed by atoms with Gasteiger partial charge in [0.05, 0.1) is 12.2 Å². The van der Waals surface area contributed by atoms with Crippen molar-refractivity contribution in [1.29, 1.82) is 0 Å². The summed E-state index contributed by atoms with van der Waals surface area (Å²) < 4.78 is 1.08. The molecule has 9 heteroatoms. The summed E-state index contributed by atoms with van der Waals surface area (Å²) in [5.74, 6) is -0.422. The summed E-state index contributed by atoms with van der Waals surface area (Å²) >= 11 is 0. The van der Waals surface area contributed by atoms with E-state index in [9.17, 15) is 14.4 Å². The maximum absolute atomic E-state index is 12.3. The van der Waals surface area contributed by atoms with Gasteiger partial charge in [-0.05, 0) is 37.8 Å². The van der Waals surface area contributed by atoms with Crippen LogP contribution < -0.4 is 16.3 Å². The second-order valence-electron chi connectivity index (χ2n) is 6.46. The average Bonchev–Trinajstić information content (AvgIpc) is 3.00. The van der Waals surface area contributed by atoms with Crippen LogP contribution in [-0.4, -0.2) is 37.6 Å². The van der Waals surface area contributed by atoms with Gasteiger partial charge in [-0.25, -0.2) is 9.48 Å². The number of nitrogens with zero attached hydrogens (tertiary/aromatic N) is 3. The summed E-state index contributed by atoms with van der Waals surface area (Å²) in [6.45, 7) is 0.420. The zero-order valence-corrected chi connectivity index (χ0v) is 14.6. The first kappa shape index (κ1) is 17.8. The molecule has 2 aromatic heterocycles. The van der Waals surface area contributed by atoms with Gasteiger partial charge in [-0.3, -0.25) is 19.6 Å². The van der Waals surface area contributed by atoms with Crippen molar-refractivity contribution in [3.05, 3.63) is 46.4 Å². The van der Waals surface area contributed by atoms with Crippen molar-refractivity contribution < 1.29 is 9.59 Å². The Morgan fingerprint density at radius 3 is 2.65 bits per heavy atom. The number of H-pyrrole nitrogens is 1. The molecule has 2 amide bonds. The van der Waals surface area contributed by atoms with E-state index >= 15 is 0 Å². The Morgan fingerprint density at radius 1 is 1.27 bits per heavy atom. The van der Waals surface area contributed by atoms with Crippen LogP contribution in [0.25, 0.3) is 0 Å². The van der Waals surface area contributed by atoms with Crippen LogP contribution in [0, 0.1) is 5.92 Å². The number of rotatable bonds is 5. The van der Waals surface area contributed by atoms with Crippen LogP contribution in [0.3, 0.4) is 0 Å². The van der Waals surface area contributed by atoms with Gasteiger partial charge in [-0.15, -0.1) is 5.10 Å². The van der Waals surface area contributed by atoms with Crippen molar-refractivity contribution in [3.8, 4) is 0 Å². The third-order valence-corrected chi connectivity index (χ3v) is 4.59. The molecule has 1 aliphatic carbocycles. The van der Waals surface area contributed by atoms with E-state index in [1.807, 2.05) is 18.2 Å². The van der Waals surface area contributed by atoms with Crippen molar-refractivity contribution in [1.82, 2.24) is 30.4 Å². The molecule has 0 aromatic carbocycles. The minimum atomic E-state index is -0.427. The lowest BCUT2D eigenvalue weighted by Gasteiger charge is -2.28. The molecular formula is C17H22N6O3. The van der Waals surface area contributed by atoms with Crippen molar-refractivity contribution >= 4 is 11.8 Å². The lowest BCUT2D eigenvalue weighted by Crippen LogP contribution is -2.41. The fourth-order valence-corrected chi connectivity index (χ4v) is 3.08. The van der Waals surface area contributed by atoms with Crippen LogP contribution in [0.5, 0.6) is 0 Å². The van der Waals surface area contributed by atoms with Crippen molar-refractivity contribution in [2.45, 2.75) is 38.3 Å². The maximum atomic E-state index is 12.3. The van der Waals surface area contributed by atoms with Crippen LogP contribution in [0.15, 0.2) is 29.2 Å². The molecule has 138 valence electrons. The number of carbonyl (C=O) groups excluding carboxylic acids is 2. The molecule has 0 saturated heterocycles. The molecule has 3 rings (SSSR count). The van der Waals surface area contributed by atoms with Gasteiger partial charge in [0, 0.05) is 25.2 Å². The van der Waals surface area contributed by atoms with Crippen LogP contribution in [0.2, 0.25) is 0 Å². The topological polar surface area (TPSA) is 122 Å². The third kappa shape index (κ3) is 4.35. The molecule has 1 fully saturated rings. The SMILES string of the molecule is Cn1nc(C(=O)NC2CCC(C(=O)NCc3ccccn3)CC2)[nH]c1=O. The first-order valence-electron chi connectivity index (χ1n) is 8.64. The number of aryl methyl sites for hydroxylation is 1. The molecule has 0 radical (unpaired) electrons. The molecule has 0 bridgehead atoms. The molecule has 9 nitrogen and oxygen atoms in total. The fraction of sp³-hybridized carbons (Fsp3) is 0.471. The Hall–Kier alpha value is -2.97. The highest BCUT2D eigenvalue weighted by Crippen LogP contribution is 2.24. The molecule has 0 atom stereocenters. The summed E-state index contributed by atoms with van der Waals surface area (Å²) in [4.78, 5) is 42.3. The smallest absolute Gasteiger partial charge is 0.343 e. The monoisotopic (exact) mass is 358 g/mol. The molecular weight excluding hydrogens is 336 g/mol. The highest BCUT2D eigenvalue weighted by molar-refractivity contribution is 5.90. The van der Waals surface area contributed by atoms with Crippen LogP contribution in [-0.2, 0) is 18.4 Å². The third-order valence-electron chi connectivity index (χ3n) is 4.59. The van der Waals surface area contributed by atoms with E-state index in [0.29, 0.717) is 32.2 Å². The molecule has 1 aliphatic rings. The second-order valence-corrected chi connectivity index (χ2v) is 6.46. The normalized spacial score (nSPS) is 19.7. The van der Waals surface area contributed by atoms with Gasteiger partial charge in [-0.2, -0.15) is 0 Å². The predicted molar refractivity (Wildman–Crippen MR) is 93.1 cm³/mol. The van der Waals surface area contributed by atoms with Crippen LogP contribution in [0.1, 0.15) is 42.0 Å². The van der Waals surface area contributed by atoms with E-state index in [1.165, 1.54) is 7.05 Å². The summed E-state index contributed by atoms with van der Waals surface area (Å²) in [6.07, 6.45) is 4.54. The van der Waals surface area contributed by atoms with E-state index in [2.05, 4.69) is 25.7 Å². The van der Waals surface area contributed by atoms with E-state index in [0.717, 1.165) is 10.4 Å². The number of carbonyl (C=O) groups is 2. The number of hydrogen-bond acceptors (Lipinski definition) is 5. The zero-order valence-electron chi connectivity index (χ0n) is 14.6. The summed E-state index contributed by atoms with van der Waals surface area (Å²) in [5.41, 5.74) is 0.398. The van der Waals surface area contributed by atoms with Gasteiger partial charge < -0.3 is 10.6 Å². The van der Waals surface area contributed by atoms with Gasteiger partial charge in [0.25, 0.3) is 5.91 Å². The van der Waals surface area contributed by atoms with Crippen molar-refractivity contribution in [2.75, 3.05) is 0 Å². The molecule has 2 heterocycles. The van der Waals surface area contributed by atoms with Crippen molar-refractivity contribution in [2.24, 2.45) is 13.0 Å². The highest BCUT2D eigenvalue weighted by atomic mass is 16.2. The van der Waals surface area contributed by atoms with E-state index in [1.54, 1.807) is 6.20 Å². The second kappa shape index (κ2) is 7.94. The Bertz CT molecular complexity index is 821. The first-order valence-corrected chi connectivity index (χ1v) is 8.64. The van der Waals surface area contributed by atoms with Gasteiger partial charge in [0.1, 0.15) is 0 Å². The zero-order chi connectivity index (χ0) is 18.5. The number of hydrogen-bond donors (Lipinski definition) is 3.